The summed E-state index contributed by atoms with van der Waals surface area (Å²) in [6, 6.07) is 0.730. The fraction of sp³-hybridized carbons (Fsp3) is 0.714. The van der Waals surface area contributed by atoms with E-state index in [2.05, 4.69) is 60.5 Å². The summed E-state index contributed by atoms with van der Waals surface area (Å²) < 4.78 is 0.616. The molecule has 1 heterocycles. The van der Waals surface area contributed by atoms with Gasteiger partial charge in [0.1, 0.15) is 0 Å². The lowest BCUT2D eigenvalue weighted by molar-refractivity contribution is 0.170. The van der Waals surface area contributed by atoms with Gasteiger partial charge in [-0.25, -0.2) is 0 Å². The van der Waals surface area contributed by atoms with Gasteiger partial charge in [0.15, 0.2) is 0 Å². The van der Waals surface area contributed by atoms with Crippen LogP contribution in [0.3, 0.4) is 0 Å². The molecule has 90 valence electrons. The largest absolute Gasteiger partial charge is 0.288 e. The minimum atomic E-state index is 0.616. The van der Waals surface area contributed by atoms with Gasteiger partial charge < -0.3 is 0 Å². The van der Waals surface area contributed by atoms with Crippen molar-refractivity contribution in [1.82, 2.24) is 4.90 Å². The Labute approximate surface area is 113 Å². The van der Waals surface area contributed by atoms with Crippen LogP contribution in [0, 0.1) is 5.92 Å². The maximum absolute atomic E-state index is 2.62. The molecule has 3 atom stereocenters. The molecular formula is C14H22IN. The molecule has 1 aliphatic carbocycles. The first kappa shape index (κ1) is 12.6. The minimum Gasteiger partial charge on any atom is -0.288 e. The van der Waals surface area contributed by atoms with E-state index in [-0.39, 0.29) is 0 Å². The van der Waals surface area contributed by atoms with Crippen molar-refractivity contribution >= 4 is 22.6 Å². The summed E-state index contributed by atoms with van der Waals surface area (Å²) >= 11 is 2.62. The van der Waals surface area contributed by atoms with Gasteiger partial charge in [-0.2, -0.15) is 0 Å². The maximum Gasteiger partial charge on any atom is 0.0839 e. The molecule has 16 heavy (non-hydrogen) atoms. The molecule has 1 aliphatic heterocycles. The molecule has 2 rings (SSSR count). The van der Waals surface area contributed by atoms with E-state index >= 15 is 0 Å². The van der Waals surface area contributed by atoms with Crippen LogP contribution in [0.2, 0.25) is 0 Å². The molecule has 0 fully saturated rings. The van der Waals surface area contributed by atoms with Crippen molar-refractivity contribution in [2.24, 2.45) is 5.92 Å². The van der Waals surface area contributed by atoms with Gasteiger partial charge in [-0.15, -0.1) is 0 Å². The number of allylic oxidation sites excluding steroid dienone is 2. The fourth-order valence-corrected chi connectivity index (χ4v) is 4.37. The topological polar surface area (TPSA) is 3.24 Å². The lowest BCUT2D eigenvalue weighted by Gasteiger charge is -2.45. The van der Waals surface area contributed by atoms with Crippen molar-refractivity contribution in [1.29, 1.82) is 0 Å². The van der Waals surface area contributed by atoms with E-state index in [9.17, 15) is 0 Å². The van der Waals surface area contributed by atoms with Crippen LogP contribution < -0.4 is 0 Å². The molecule has 0 aromatic rings. The van der Waals surface area contributed by atoms with Crippen LogP contribution in [0.4, 0.5) is 0 Å². The van der Waals surface area contributed by atoms with Crippen LogP contribution in [0.15, 0.2) is 23.3 Å². The SMILES string of the molecule is CCC1C2=C(CCC=C2)C(I)N(C)C1CC. The molecule has 0 radical (unpaired) electrons. The molecule has 0 aromatic heterocycles. The number of halogens is 1. The molecule has 2 aliphatic rings. The van der Waals surface area contributed by atoms with Crippen molar-refractivity contribution in [3.8, 4) is 0 Å². The second kappa shape index (κ2) is 5.21. The van der Waals surface area contributed by atoms with E-state index in [0.29, 0.717) is 4.05 Å². The Hall–Kier alpha value is 0.170. The van der Waals surface area contributed by atoms with E-state index in [1.807, 2.05) is 0 Å². The molecule has 0 bridgehead atoms. The van der Waals surface area contributed by atoms with E-state index in [1.54, 1.807) is 11.1 Å². The monoisotopic (exact) mass is 331 g/mol. The van der Waals surface area contributed by atoms with Crippen molar-refractivity contribution in [3.05, 3.63) is 23.3 Å². The Kier molecular flexibility index (Phi) is 4.11. The zero-order chi connectivity index (χ0) is 11.7. The number of hydrogen-bond acceptors (Lipinski definition) is 1. The number of alkyl halides is 1. The zero-order valence-electron chi connectivity index (χ0n) is 10.5. The summed E-state index contributed by atoms with van der Waals surface area (Å²) in [7, 11) is 2.30. The molecule has 0 saturated carbocycles. The predicted molar refractivity (Wildman–Crippen MR) is 78.8 cm³/mol. The van der Waals surface area contributed by atoms with Gasteiger partial charge in [0.25, 0.3) is 0 Å². The second-order valence-corrected chi connectivity index (χ2v) is 6.09. The van der Waals surface area contributed by atoms with E-state index in [4.69, 9.17) is 0 Å². The summed E-state index contributed by atoms with van der Waals surface area (Å²) in [6.45, 7) is 4.66. The Balaban J connectivity index is 2.40. The van der Waals surface area contributed by atoms with Crippen LogP contribution in [-0.4, -0.2) is 22.0 Å². The van der Waals surface area contributed by atoms with Crippen molar-refractivity contribution in [2.45, 2.75) is 49.6 Å². The van der Waals surface area contributed by atoms with Crippen LogP contribution >= 0.6 is 22.6 Å². The average molecular weight is 331 g/mol. The quantitative estimate of drug-likeness (QED) is 0.417. The summed E-state index contributed by atoms with van der Waals surface area (Å²) in [4.78, 5) is 2.59. The number of rotatable bonds is 2. The van der Waals surface area contributed by atoms with Gasteiger partial charge in [0, 0.05) is 6.04 Å². The van der Waals surface area contributed by atoms with Gasteiger partial charge in [-0.05, 0) is 49.8 Å². The van der Waals surface area contributed by atoms with Gasteiger partial charge in [-0.1, -0.05) is 48.6 Å². The average Bonchev–Trinajstić information content (AvgIpc) is 2.33. The Morgan fingerprint density at radius 1 is 1.38 bits per heavy atom. The molecule has 0 spiro atoms. The summed E-state index contributed by atoms with van der Waals surface area (Å²) in [6.07, 6.45) is 9.82. The first-order chi connectivity index (χ1) is 7.70. The summed E-state index contributed by atoms with van der Waals surface area (Å²) in [5.41, 5.74) is 3.36. The second-order valence-electron chi connectivity index (χ2n) is 4.91. The smallest absolute Gasteiger partial charge is 0.0839 e. The zero-order valence-corrected chi connectivity index (χ0v) is 12.7. The van der Waals surface area contributed by atoms with Crippen LogP contribution in [0.25, 0.3) is 0 Å². The minimum absolute atomic E-state index is 0.616. The molecule has 0 aromatic carbocycles. The van der Waals surface area contributed by atoms with Gasteiger partial charge in [-0.3, -0.25) is 4.90 Å². The first-order valence-corrected chi connectivity index (χ1v) is 7.70. The highest BCUT2D eigenvalue weighted by molar-refractivity contribution is 14.1. The summed E-state index contributed by atoms with van der Waals surface area (Å²) in [5.74, 6) is 0.757. The van der Waals surface area contributed by atoms with Crippen molar-refractivity contribution < 1.29 is 0 Å². The van der Waals surface area contributed by atoms with Crippen molar-refractivity contribution in [2.75, 3.05) is 7.05 Å². The van der Waals surface area contributed by atoms with Gasteiger partial charge in [0.05, 0.1) is 4.05 Å². The number of nitrogens with zero attached hydrogens (tertiary/aromatic N) is 1. The third-order valence-electron chi connectivity index (χ3n) is 4.14. The maximum atomic E-state index is 2.62. The Morgan fingerprint density at radius 2 is 2.12 bits per heavy atom. The predicted octanol–water partition coefficient (Wildman–Crippen LogP) is 4.14. The van der Waals surface area contributed by atoms with E-state index < -0.39 is 0 Å². The fourth-order valence-electron chi connectivity index (χ4n) is 3.29. The number of likely N-dealkylation sites (N-methyl/N-ethyl adjacent to an activating group) is 1. The highest BCUT2D eigenvalue weighted by Crippen LogP contribution is 2.42. The molecule has 1 nitrogen and oxygen atoms in total. The van der Waals surface area contributed by atoms with E-state index in [0.717, 1.165) is 12.0 Å². The van der Waals surface area contributed by atoms with Crippen LogP contribution in [-0.2, 0) is 0 Å². The number of hydrogen-bond donors (Lipinski definition) is 0. The molecule has 0 amide bonds. The molecule has 0 N–H and O–H groups in total. The van der Waals surface area contributed by atoms with Gasteiger partial charge in [0.2, 0.25) is 0 Å². The standard InChI is InChI=1S/C14H22IN/c1-4-10-11-8-6-7-9-12(11)14(15)16(3)13(10)5-2/h6,8,10,13-14H,4-5,7,9H2,1-3H3. The lowest BCUT2D eigenvalue weighted by atomic mass is 9.77. The van der Waals surface area contributed by atoms with Crippen molar-refractivity contribution in [3.63, 3.8) is 0 Å². The third kappa shape index (κ3) is 1.99. The molecule has 0 saturated heterocycles. The molecule has 3 unspecified atom stereocenters. The first-order valence-electron chi connectivity index (χ1n) is 6.46. The Morgan fingerprint density at radius 3 is 2.75 bits per heavy atom. The third-order valence-corrected chi connectivity index (χ3v) is 5.77. The highest BCUT2D eigenvalue weighted by Gasteiger charge is 2.36. The highest BCUT2D eigenvalue weighted by atomic mass is 127. The normalized spacial score (nSPS) is 35.4. The van der Waals surface area contributed by atoms with E-state index in [1.165, 1.54) is 25.7 Å². The lowest BCUT2D eigenvalue weighted by Crippen LogP contribution is -2.47. The van der Waals surface area contributed by atoms with Gasteiger partial charge >= 0.3 is 0 Å². The summed E-state index contributed by atoms with van der Waals surface area (Å²) in [5, 5.41) is 0. The Bertz CT molecular complexity index is 319. The van der Waals surface area contributed by atoms with Crippen LogP contribution in [0.5, 0.6) is 0 Å². The van der Waals surface area contributed by atoms with Crippen LogP contribution in [0.1, 0.15) is 39.5 Å². The molecular weight excluding hydrogens is 309 g/mol. The molecule has 2 heteroatoms.